The predicted molar refractivity (Wildman–Crippen MR) is 138 cm³/mol. The van der Waals surface area contributed by atoms with Crippen LogP contribution in [0.4, 0.5) is 26.3 Å². The minimum absolute atomic E-state index is 0.0482. The van der Waals surface area contributed by atoms with Crippen LogP contribution >= 0.6 is 0 Å². The van der Waals surface area contributed by atoms with Gasteiger partial charge in [-0.1, -0.05) is 12.8 Å². The molecule has 7 N–H and O–H groups in total. The summed E-state index contributed by atoms with van der Waals surface area (Å²) in [4.78, 5) is 49.8. The number of aliphatic hydroxyl groups is 2. The van der Waals surface area contributed by atoms with Crippen molar-refractivity contribution in [3.8, 4) is 0 Å². The van der Waals surface area contributed by atoms with Crippen LogP contribution in [-0.4, -0.2) is 92.4 Å². The molecular formula is C26H27F6N7O6. The third-order valence-electron chi connectivity index (χ3n) is 9.17. The first-order valence-corrected chi connectivity index (χ1v) is 13.9. The molecule has 0 radical (unpaired) electrons. The number of imide groups is 1. The van der Waals surface area contributed by atoms with Crippen LogP contribution in [-0.2, 0) is 26.7 Å². The van der Waals surface area contributed by atoms with Crippen molar-refractivity contribution in [2.24, 2.45) is 33.3 Å². The molecule has 1 aliphatic carbocycles. The molecule has 13 nitrogen and oxygen atoms in total. The molecule has 1 spiro atoms. The molecule has 4 aliphatic heterocycles. The number of likely N-dealkylation sites (tertiary alicyclic amines) is 1. The van der Waals surface area contributed by atoms with Gasteiger partial charge in [0.25, 0.3) is 0 Å². The van der Waals surface area contributed by atoms with Gasteiger partial charge in [-0.25, -0.2) is 14.8 Å². The quantitative estimate of drug-likeness (QED) is 0.129. The zero-order valence-corrected chi connectivity index (χ0v) is 23.1. The van der Waals surface area contributed by atoms with Gasteiger partial charge < -0.3 is 36.6 Å². The van der Waals surface area contributed by atoms with Crippen molar-refractivity contribution in [3.63, 3.8) is 0 Å². The Morgan fingerprint density at radius 1 is 1.02 bits per heavy atom. The lowest BCUT2D eigenvalue weighted by Crippen LogP contribution is -2.77. The van der Waals surface area contributed by atoms with Crippen molar-refractivity contribution in [2.45, 2.75) is 67.7 Å². The van der Waals surface area contributed by atoms with Gasteiger partial charge in [0.2, 0.25) is 17.6 Å². The number of carbonyl (C=O) groups excluding carboxylic acids is 3. The first kappa shape index (κ1) is 30.9. The number of guanidine groups is 2. The van der Waals surface area contributed by atoms with Crippen LogP contribution in [0.15, 0.2) is 28.2 Å². The Labute approximate surface area is 249 Å². The normalized spacial score (nSPS) is 32.4. The van der Waals surface area contributed by atoms with Gasteiger partial charge in [-0.05, 0) is 31.0 Å². The van der Waals surface area contributed by atoms with Crippen molar-refractivity contribution in [2.75, 3.05) is 13.1 Å². The van der Waals surface area contributed by atoms with E-state index < -0.39 is 101 Å². The summed E-state index contributed by atoms with van der Waals surface area (Å²) in [5.41, 5.74) is 4.96. The number of carbonyl (C=O) groups is 3. The van der Waals surface area contributed by atoms with E-state index in [2.05, 4.69) is 15.3 Å². The number of amides is 2. The number of aliphatic imine (C=N–C) groups is 2. The van der Waals surface area contributed by atoms with E-state index >= 15 is 0 Å². The van der Waals surface area contributed by atoms with Crippen LogP contribution in [0.5, 0.6) is 0 Å². The second-order valence-corrected chi connectivity index (χ2v) is 11.7. The van der Waals surface area contributed by atoms with Gasteiger partial charge in [-0.3, -0.25) is 14.5 Å². The smallest absolute Gasteiger partial charge is 0.417 e. The lowest BCUT2D eigenvalue weighted by Gasteiger charge is -2.48. The first-order valence-electron chi connectivity index (χ1n) is 13.9. The maximum absolute atomic E-state index is 13.7. The van der Waals surface area contributed by atoms with E-state index in [0.29, 0.717) is 12.8 Å². The molecule has 2 saturated heterocycles. The number of hydrogen-bond donors (Lipinski definition) is 5. The number of ether oxygens (including phenoxy) is 1. The maximum Gasteiger partial charge on any atom is 0.417 e. The molecule has 6 atom stereocenters. The van der Waals surface area contributed by atoms with Gasteiger partial charge in [0, 0.05) is 0 Å². The molecule has 19 heteroatoms. The first-order chi connectivity index (χ1) is 20.9. The van der Waals surface area contributed by atoms with Gasteiger partial charge in [0.05, 0.1) is 47.7 Å². The number of nitrogens with one attached hydrogen (secondary N) is 1. The molecule has 0 bridgehead atoms. The Bertz CT molecular complexity index is 1510. The molecule has 244 valence electrons. The molecule has 4 heterocycles. The molecule has 1 aromatic rings. The monoisotopic (exact) mass is 647 g/mol. The average molecular weight is 648 g/mol. The molecule has 1 aromatic carbocycles. The average Bonchev–Trinajstić information content (AvgIpc) is 3.51. The molecule has 1 saturated carbocycles. The SMILES string of the molecule is NC1=N[C@H]2[C@H](CN3C(=O)C4CCCCC4C3=O)N=C(N)N3C[C@H](OC(=O)c4cc(C(F)(F)F)ccc4C(F)(F)F)C(O)(O)[C@]23N1. The van der Waals surface area contributed by atoms with Crippen molar-refractivity contribution in [3.05, 3.63) is 34.9 Å². The fraction of sp³-hybridized carbons (Fsp3) is 0.577. The lowest BCUT2D eigenvalue weighted by molar-refractivity contribution is -0.256. The molecule has 0 aromatic heterocycles. The number of nitrogens with zero attached hydrogens (tertiary/aromatic N) is 4. The van der Waals surface area contributed by atoms with Gasteiger partial charge in [-0.2, -0.15) is 26.3 Å². The fourth-order valence-corrected chi connectivity index (χ4v) is 7.10. The number of fused-ring (bicyclic) bond motifs is 1. The van der Waals surface area contributed by atoms with E-state index in [1.807, 2.05) is 0 Å². The summed E-state index contributed by atoms with van der Waals surface area (Å²) in [7, 11) is 0. The summed E-state index contributed by atoms with van der Waals surface area (Å²) in [6, 6.07) is -2.43. The highest BCUT2D eigenvalue weighted by atomic mass is 19.4. The van der Waals surface area contributed by atoms with Crippen LogP contribution in [0.25, 0.3) is 0 Å². The van der Waals surface area contributed by atoms with Crippen LogP contribution in [0.1, 0.15) is 47.2 Å². The Morgan fingerprint density at radius 3 is 2.22 bits per heavy atom. The van der Waals surface area contributed by atoms with Crippen LogP contribution in [0.2, 0.25) is 0 Å². The Morgan fingerprint density at radius 2 is 1.64 bits per heavy atom. The van der Waals surface area contributed by atoms with Crippen LogP contribution in [0.3, 0.4) is 0 Å². The number of rotatable bonds is 4. The molecule has 2 amide bonds. The van der Waals surface area contributed by atoms with Crippen molar-refractivity contribution in [1.29, 1.82) is 0 Å². The van der Waals surface area contributed by atoms with Crippen LogP contribution < -0.4 is 16.8 Å². The number of halogens is 6. The van der Waals surface area contributed by atoms with Gasteiger partial charge in [0.1, 0.15) is 6.04 Å². The summed E-state index contributed by atoms with van der Waals surface area (Å²) >= 11 is 0. The Kier molecular flexibility index (Phi) is 6.82. The van der Waals surface area contributed by atoms with Gasteiger partial charge in [0.15, 0.2) is 23.7 Å². The van der Waals surface area contributed by atoms with Gasteiger partial charge in [-0.15, -0.1) is 0 Å². The number of nitrogens with two attached hydrogens (primary N) is 2. The molecule has 5 aliphatic rings. The van der Waals surface area contributed by atoms with E-state index in [1.54, 1.807) is 0 Å². The molecule has 2 unspecified atom stereocenters. The van der Waals surface area contributed by atoms with E-state index in [-0.39, 0.29) is 30.7 Å². The summed E-state index contributed by atoms with van der Waals surface area (Å²) in [6.07, 6.45) is -9.92. The highest BCUT2D eigenvalue weighted by molar-refractivity contribution is 6.05. The number of esters is 1. The zero-order chi connectivity index (χ0) is 32.9. The number of benzene rings is 1. The fourth-order valence-electron chi connectivity index (χ4n) is 7.10. The second-order valence-electron chi connectivity index (χ2n) is 11.7. The van der Waals surface area contributed by atoms with Crippen LogP contribution in [0, 0.1) is 11.8 Å². The van der Waals surface area contributed by atoms with Gasteiger partial charge >= 0.3 is 18.3 Å². The predicted octanol–water partition coefficient (Wildman–Crippen LogP) is 0.101. The minimum Gasteiger partial charge on any atom is -0.451 e. The molecule has 45 heavy (non-hydrogen) atoms. The minimum atomic E-state index is -5.27. The van der Waals surface area contributed by atoms with Crippen molar-refractivity contribution < 1.29 is 55.7 Å². The second kappa shape index (κ2) is 9.93. The highest BCUT2D eigenvalue weighted by Crippen LogP contribution is 2.47. The molecule has 3 fully saturated rings. The Balaban J connectivity index is 1.31. The summed E-state index contributed by atoms with van der Waals surface area (Å²) in [5, 5.41) is 25.6. The maximum atomic E-state index is 13.7. The number of hydrogen-bond acceptors (Lipinski definition) is 12. The standard InChI is InChI=1S/C26H27F6N7O6/c27-25(28,29)10-5-6-14(26(30,31)32)13(7-10)20(42)45-16-9-39-22(34)35-15(17-23(39,24(16,43)44)37-21(33)36-17)8-38-18(40)11-3-1-2-4-12(11)19(38)41/h5-7,11-12,15-17,43-44H,1-4,8-9H2,(H2,34,35)(H3,33,36,37)/t11?,12?,15-,16-,17-,23-/m0/s1. The topological polar surface area (TPSA) is 196 Å². The van der Waals surface area contributed by atoms with E-state index in [9.17, 15) is 50.9 Å². The molecule has 6 rings (SSSR count). The summed E-state index contributed by atoms with van der Waals surface area (Å²) in [6.45, 7) is -1.09. The van der Waals surface area contributed by atoms with Crippen molar-refractivity contribution in [1.82, 2.24) is 15.1 Å². The van der Waals surface area contributed by atoms with E-state index in [0.717, 1.165) is 22.6 Å². The third-order valence-corrected chi connectivity index (χ3v) is 9.17. The van der Waals surface area contributed by atoms with E-state index in [4.69, 9.17) is 16.2 Å². The zero-order valence-electron chi connectivity index (χ0n) is 23.1. The Hall–Kier alpha value is -4.13. The lowest BCUT2D eigenvalue weighted by atomic mass is 9.81. The summed E-state index contributed by atoms with van der Waals surface area (Å²) in [5.74, 6) is -7.82. The van der Waals surface area contributed by atoms with Crippen molar-refractivity contribution >= 4 is 29.7 Å². The highest BCUT2D eigenvalue weighted by Gasteiger charge is 2.74. The molecular weight excluding hydrogens is 620 g/mol. The summed E-state index contributed by atoms with van der Waals surface area (Å²) < 4.78 is 85.9. The number of alkyl halides is 6. The largest absolute Gasteiger partial charge is 0.451 e. The van der Waals surface area contributed by atoms with E-state index in [1.165, 1.54) is 0 Å². The third kappa shape index (κ3) is 4.57.